The van der Waals surface area contributed by atoms with E-state index in [4.69, 9.17) is 4.74 Å². The van der Waals surface area contributed by atoms with Gasteiger partial charge < -0.3 is 4.74 Å². The first kappa shape index (κ1) is 24.8. The van der Waals surface area contributed by atoms with Gasteiger partial charge in [-0.2, -0.15) is 0 Å². The first-order valence-corrected chi connectivity index (χ1v) is 13.9. The van der Waals surface area contributed by atoms with Crippen LogP contribution < -0.4 is 0 Å². The summed E-state index contributed by atoms with van der Waals surface area (Å²) < 4.78 is 6.02. The van der Waals surface area contributed by atoms with E-state index in [1.807, 2.05) is 0 Å². The van der Waals surface area contributed by atoms with Crippen LogP contribution in [0.4, 0.5) is 0 Å². The SMILES string of the molecule is CCCCOC1CCC(CCCCCCCc2ccc(C3CCC(C)CC3)cc2)CC1. The van der Waals surface area contributed by atoms with Gasteiger partial charge in [-0.25, -0.2) is 0 Å². The molecule has 1 aromatic rings. The van der Waals surface area contributed by atoms with Gasteiger partial charge in [-0.3, -0.25) is 0 Å². The van der Waals surface area contributed by atoms with Crippen LogP contribution in [0.3, 0.4) is 0 Å². The second-order valence-corrected chi connectivity index (χ2v) is 10.9. The number of ether oxygens (including phenoxy) is 1. The molecule has 0 aromatic heterocycles. The van der Waals surface area contributed by atoms with Gasteiger partial charge in [0.05, 0.1) is 6.10 Å². The Labute approximate surface area is 193 Å². The first-order valence-electron chi connectivity index (χ1n) is 13.9. The third-order valence-electron chi connectivity index (χ3n) is 8.19. The van der Waals surface area contributed by atoms with Crippen molar-refractivity contribution in [3.8, 4) is 0 Å². The molecule has 0 N–H and O–H groups in total. The standard InChI is InChI=1S/C30H50O/c1-3-4-24-31-30-22-16-27(17-23-30)11-9-7-5-6-8-10-26-14-20-29(21-15-26)28-18-12-25(2)13-19-28/h14-15,20-21,25,27-28,30H,3-13,16-19,22-24H2,1-2H3. The third-order valence-corrected chi connectivity index (χ3v) is 8.19. The molecule has 176 valence electrons. The molecule has 2 fully saturated rings. The molecule has 0 atom stereocenters. The van der Waals surface area contributed by atoms with Crippen LogP contribution in [0.15, 0.2) is 24.3 Å². The van der Waals surface area contributed by atoms with Gasteiger partial charge in [-0.05, 0) is 86.7 Å². The Morgan fingerprint density at radius 2 is 1.42 bits per heavy atom. The van der Waals surface area contributed by atoms with Crippen LogP contribution in [0, 0.1) is 11.8 Å². The van der Waals surface area contributed by atoms with E-state index in [1.54, 1.807) is 11.1 Å². The fraction of sp³-hybridized carbons (Fsp3) is 0.800. The minimum Gasteiger partial charge on any atom is -0.378 e. The molecule has 1 heteroatoms. The lowest BCUT2D eigenvalue weighted by molar-refractivity contribution is 0.0156. The van der Waals surface area contributed by atoms with Crippen molar-refractivity contribution in [1.82, 2.24) is 0 Å². The van der Waals surface area contributed by atoms with E-state index in [-0.39, 0.29) is 0 Å². The Hall–Kier alpha value is -0.820. The van der Waals surface area contributed by atoms with E-state index < -0.39 is 0 Å². The molecule has 1 nitrogen and oxygen atoms in total. The van der Waals surface area contributed by atoms with Crippen LogP contribution in [0.1, 0.15) is 134 Å². The van der Waals surface area contributed by atoms with Crippen molar-refractivity contribution in [2.45, 2.75) is 135 Å². The monoisotopic (exact) mass is 426 g/mol. The molecule has 0 unspecified atom stereocenters. The smallest absolute Gasteiger partial charge is 0.0575 e. The Balaban J connectivity index is 1.18. The topological polar surface area (TPSA) is 9.23 Å². The predicted molar refractivity (Wildman–Crippen MR) is 135 cm³/mol. The van der Waals surface area contributed by atoms with E-state index in [9.17, 15) is 0 Å². The molecular weight excluding hydrogens is 376 g/mol. The van der Waals surface area contributed by atoms with E-state index in [2.05, 4.69) is 38.1 Å². The molecule has 2 aliphatic rings. The molecular formula is C30H50O. The number of hydrogen-bond donors (Lipinski definition) is 0. The summed E-state index contributed by atoms with van der Waals surface area (Å²) in [4.78, 5) is 0. The van der Waals surface area contributed by atoms with Gasteiger partial charge in [0.2, 0.25) is 0 Å². The summed E-state index contributed by atoms with van der Waals surface area (Å²) in [7, 11) is 0. The number of hydrogen-bond acceptors (Lipinski definition) is 1. The van der Waals surface area contributed by atoms with E-state index >= 15 is 0 Å². The molecule has 0 bridgehead atoms. The van der Waals surface area contributed by atoms with Crippen LogP contribution in [0.5, 0.6) is 0 Å². The molecule has 2 aliphatic carbocycles. The summed E-state index contributed by atoms with van der Waals surface area (Å²) in [5.74, 6) is 2.76. The van der Waals surface area contributed by atoms with Crippen LogP contribution in [-0.4, -0.2) is 12.7 Å². The van der Waals surface area contributed by atoms with Gasteiger partial charge in [-0.15, -0.1) is 0 Å². The highest BCUT2D eigenvalue weighted by atomic mass is 16.5. The zero-order valence-corrected chi connectivity index (χ0v) is 20.8. The summed E-state index contributed by atoms with van der Waals surface area (Å²) in [6.07, 6.45) is 23.9. The largest absolute Gasteiger partial charge is 0.378 e. The van der Waals surface area contributed by atoms with Crippen molar-refractivity contribution >= 4 is 0 Å². The van der Waals surface area contributed by atoms with Crippen molar-refractivity contribution in [2.75, 3.05) is 6.61 Å². The molecule has 2 saturated carbocycles. The zero-order chi connectivity index (χ0) is 21.7. The fourth-order valence-corrected chi connectivity index (χ4v) is 5.82. The highest BCUT2D eigenvalue weighted by Crippen LogP contribution is 2.35. The maximum absolute atomic E-state index is 6.02. The van der Waals surface area contributed by atoms with Crippen molar-refractivity contribution in [1.29, 1.82) is 0 Å². The van der Waals surface area contributed by atoms with Crippen LogP contribution in [0.25, 0.3) is 0 Å². The average molecular weight is 427 g/mol. The number of benzene rings is 1. The van der Waals surface area contributed by atoms with Crippen molar-refractivity contribution in [3.63, 3.8) is 0 Å². The molecule has 0 saturated heterocycles. The van der Waals surface area contributed by atoms with E-state index in [0.29, 0.717) is 6.10 Å². The van der Waals surface area contributed by atoms with E-state index in [1.165, 1.54) is 109 Å². The number of aryl methyl sites for hydroxylation is 1. The van der Waals surface area contributed by atoms with Gasteiger partial charge >= 0.3 is 0 Å². The summed E-state index contributed by atoms with van der Waals surface area (Å²) in [6, 6.07) is 9.69. The second kappa shape index (κ2) is 14.4. The lowest BCUT2D eigenvalue weighted by atomic mass is 9.79. The minimum absolute atomic E-state index is 0.572. The summed E-state index contributed by atoms with van der Waals surface area (Å²) >= 11 is 0. The molecule has 0 aliphatic heterocycles. The number of unbranched alkanes of at least 4 members (excludes halogenated alkanes) is 5. The normalized spacial score (nSPS) is 26.8. The summed E-state index contributed by atoms with van der Waals surface area (Å²) in [5.41, 5.74) is 3.14. The van der Waals surface area contributed by atoms with Crippen molar-refractivity contribution in [3.05, 3.63) is 35.4 Å². The van der Waals surface area contributed by atoms with Gasteiger partial charge in [0.25, 0.3) is 0 Å². The maximum atomic E-state index is 6.02. The number of rotatable bonds is 13. The van der Waals surface area contributed by atoms with Gasteiger partial charge in [0, 0.05) is 6.61 Å². The highest BCUT2D eigenvalue weighted by molar-refractivity contribution is 5.25. The van der Waals surface area contributed by atoms with Gasteiger partial charge in [0.15, 0.2) is 0 Å². The molecule has 0 spiro atoms. The lowest BCUT2D eigenvalue weighted by Crippen LogP contribution is -2.22. The van der Waals surface area contributed by atoms with Gasteiger partial charge in [-0.1, -0.05) is 89.5 Å². The lowest BCUT2D eigenvalue weighted by Gasteiger charge is -2.28. The molecule has 1 aromatic carbocycles. The zero-order valence-electron chi connectivity index (χ0n) is 20.8. The minimum atomic E-state index is 0.572. The summed E-state index contributed by atoms with van der Waals surface area (Å²) in [5, 5.41) is 0. The Morgan fingerprint density at radius 3 is 2.13 bits per heavy atom. The van der Waals surface area contributed by atoms with Crippen molar-refractivity contribution < 1.29 is 4.74 Å². The third kappa shape index (κ3) is 9.29. The average Bonchev–Trinajstić information content (AvgIpc) is 2.80. The Bertz CT molecular complexity index is 561. The predicted octanol–water partition coefficient (Wildman–Crippen LogP) is 9.24. The molecule has 0 amide bonds. The van der Waals surface area contributed by atoms with Crippen LogP contribution >= 0.6 is 0 Å². The molecule has 0 radical (unpaired) electrons. The highest BCUT2D eigenvalue weighted by Gasteiger charge is 2.21. The maximum Gasteiger partial charge on any atom is 0.0575 e. The quantitative estimate of drug-likeness (QED) is 0.285. The Morgan fingerprint density at radius 1 is 0.742 bits per heavy atom. The second-order valence-electron chi connectivity index (χ2n) is 10.9. The van der Waals surface area contributed by atoms with Crippen LogP contribution in [-0.2, 0) is 11.2 Å². The molecule has 0 heterocycles. The van der Waals surface area contributed by atoms with Crippen LogP contribution in [0.2, 0.25) is 0 Å². The Kier molecular flexibility index (Phi) is 11.5. The fourth-order valence-electron chi connectivity index (χ4n) is 5.82. The summed E-state index contributed by atoms with van der Waals surface area (Å²) in [6.45, 7) is 5.64. The van der Waals surface area contributed by atoms with E-state index in [0.717, 1.165) is 24.4 Å². The van der Waals surface area contributed by atoms with Gasteiger partial charge in [0.1, 0.15) is 0 Å². The van der Waals surface area contributed by atoms with Crippen molar-refractivity contribution in [2.24, 2.45) is 11.8 Å². The first-order chi connectivity index (χ1) is 15.2. The molecule has 31 heavy (non-hydrogen) atoms. The molecule has 3 rings (SSSR count).